The average molecular weight is 248 g/mol. The first kappa shape index (κ1) is 11.3. The number of carbonyl (C=O) groups excluding carboxylic acids is 1. The first-order valence-corrected chi connectivity index (χ1v) is 6.01. The molecule has 0 bridgehead atoms. The van der Waals surface area contributed by atoms with Crippen LogP contribution >= 0.6 is 0 Å². The monoisotopic (exact) mass is 248 g/mol. The fourth-order valence-corrected chi connectivity index (χ4v) is 2.69. The van der Waals surface area contributed by atoms with Gasteiger partial charge in [0.05, 0.1) is 24.6 Å². The molecule has 1 amide bonds. The molecule has 2 aliphatic rings. The molecule has 2 atom stereocenters. The van der Waals surface area contributed by atoms with Crippen LogP contribution in [-0.4, -0.2) is 38.8 Å². The van der Waals surface area contributed by atoms with E-state index in [1.807, 2.05) is 18.2 Å². The van der Waals surface area contributed by atoms with E-state index in [0.717, 1.165) is 30.1 Å². The van der Waals surface area contributed by atoms with Gasteiger partial charge in [0.25, 0.3) is 0 Å². The molecule has 2 heterocycles. The molecule has 3 rings (SSSR count). The van der Waals surface area contributed by atoms with Gasteiger partial charge in [0, 0.05) is 26.1 Å². The summed E-state index contributed by atoms with van der Waals surface area (Å²) in [5.41, 5.74) is 1.85. The Morgan fingerprint density at radius 3 is 2.94 bits per heavy atom. The topological polar surface area (TPSA) is 50.8 Å². The highest BCUT2D eigenvalue weighted by molar-refractivity contribution is 6.04. The molecule has 1 N–H and O–H groups in total. The number of benzene rings is 1. The van der Waals surface area contributed by atoms with Gasteiger partial charge in [-0.3, -0.25) is 4.79 Å². The van der Waals surface area contributed by atoms with Crippen LogP contribution in [0.1, 0.15) is 6.42 Å². The van der Waals surface area contributed by atoms with Gasteiger partial charge in [-0.25, -0.2) is 0 Å². The molecule has 1 aromatic carbocycles. The second kappa shape index (κ2) is 4.17. The van der Waals surface area contributed by atoms with Crippen molar-refractivity contribution >= 4 is 17.3 Å². The molecule has 1 aromatic rings. The Balaban J connectivity index is 1.99. The highest BCUT2D eigenvalue weighted by Crippen LogP contribution is 2.39. The third-order valence-electron chi connectivity index (χ3n) is 3.67. The number of hydrogen-bond acceptors (Lipinski definition) is 4. The molecule has 5 nitrogen and oxygen atoms in total. The van der Waals surface area contributed by atoms with Gasteiger partial charge in [-0.1, -0.05) is 0 Å². The zero-order valence-electron chi connectivity index (χ0n) is 10.5. The van der Waals surface area contributed by atoms with Gasteiger partial charge in [-0.05, 0) is 12.1 Å². The van der Waals surface area contributed by atoms with Gasteiger partial charge >= 0.3 is 0 Å². The van der Waals surface area contributed by atoms with Gasteiger partial charge in [-0.15, -0.1) is 0 Å². The Kier molecular flexibility index (Phi) is 2.63. The summed E-state index contributed by atoms with van der Waals surface area (Å²) >= 11 is 0. The van der Waals surface area contributed by atoms with Gasteiger partial charge in [0.1, 0.15) is 11.8 Å². The second-order valence-electron chi connectivity index (χ2n) is 4.63. The van der Waals surface area contributed by atoms with Crippen molar-refractivity contribution in [1.29, 1.82) is 0 Å². The molecule has 1 fully saturated rings. The summed E-state index contributed by atoms with van der Waals surface area (Å²) in [6.07, 6.45) is 0.863. The minimum absolute atomic E-state index is 0.0373. The number of anilines is 2. The summed E-state index contributed by atoms with van der Waals surface area (Å²) in [7, 11) is 3.31. The summed E-state index contributed by atoms with van der Waals surface area (Å²) in [5.74, 6) is 0.783. The van der Waals surface area contributed by atoms with Crippen LogP contribution in [0.15, 0.2) is 18.2 Å². The van der Waals surface area contributed by atoms with Crippen LogP contribution in [0, 0.1) is 0 Å². The van der Waals surface area contributed by atoms with Crippen LogP contribution in [0.25, 0.3) is 0 Å². The SMILES string of the molecule is COc1ccc2c(c1)NC(=O)C1CC(OC)CN21. The zero-order chi connectivity index (χ0) is 12.7. The molecule has 0 aromatic heterocycles. The summed E-state index contributed by atoms with van der Waals surface area (Å²) in [5, 5.41) is 2.93. The van der Waals surface area contributed by atoms with E-state index in [9.17, 15) is 4.79 Å². The lowest BCUT2D eigenvalue weighted by molar-refractivity contribution is -0.117. The maximum absolute atomic E-state index is 12.1. The van der Waals surface area contributed by atoms with Crippen LogP contribution in [-0.2, 0) is 9.53 Å². The first-order chi connectivity index (χ1) is 8.72. The minimum Gasteiger partial charge on any atom is -0.497 e. The van der Waals surface area contributed by atoms with E-state index in [4.69, 9.17) is 9.47 Å². The van der Waals surface area contributed by atoms with Crippen molar-refractivity contribution in [2.24, 2.45) is 0 Å². The van der Waals surface area contributed by atoms with Crippen molar-refractivity contribution in [3.05, 3.63) is 18.2 Å². The quantitative estimate of drug-likeness (QED) is 0.855. The lowest BCUT2D eigenvalue weighted by Gasteiger charge is -2.32. The van der Waals surface area contributed by atoms with Crippen molar-refractivity contribution in [2.45, 2.75) is 18.6 Å². The number of methoxy groups -OCH3 is 2. The Hall–Kier alpha value is -1.75. The maximum atomic E-state index is 12.1. The van der Waals surface area contributed by atoms with Gasteiger partial charge in [0.2, 0.25) is 5.91 Å². The Morgan fingerprint density at radius 1 is 1.39 bits per heavy atom. The highest BCUT2D eigenvalue weighted by Gasteiger charge is 2.41. The molecule has 0 spiro atoms. The van der Waals surface area contributed by atoms with E-state index in [2.05, 4.69) is 10.2 Å². The van der Waals surface area contributed by atoms with Crippen molar-refractivity contribution in [3.63, 3.8) is 0 Å². The molecule has 2 aliphatic heterocycles. The molecule has 0 saturated carbocycles. The Bertz CT molecular complexity index is 489. The molecular formula is C13H16N2O3. The average Bonchev–Trinajstić information content (AvgIpc) is 2.83. The predicted octanol–water partition coefficient (Wildman–Crippen LogP) is 1.24. The van der Waals surface area contributed by atoms with Crippen LogP contribution in [0.5, 0.6) is 5.75 Å². The van der Waals surface area contributed by atoms with Crippen molar-refractivity contribution in [2.75, 3.05) is 31.0 Å². The summed E-state index contributed by atoms with van der Waals surface area (Å²) < 4.78 is 10.5. The third-order valence-corrected chi connectivity index (χ3v) is 3.67. The summed E-state index contributed by atoms with van der Waals surface area (Å²) in [6, 6.07) is 5.63. The van der Waals surface area contributed by atoms with Gasteiger partial charge < -0.3 is 19.7 Å². The number of nitrogens with zero attached hydrogens (tertiary/aromatic N) is 1. The fourth-order valence-electron chi connectivity index (χ4n) is 2.69. The van der Waals surface area contributed by atoms with Crippen molar-refractivity contribution < 1.29 is 14.3 Å². The van der Waals surface area contributed by atoms with E-state index in [0.29, 0.717) is 0 Å². The number of amides is 1. The van der Waals surface area contributed by atoms with E-state index in [1.165, 1.54) is 0 Å². The maximum Gasteiger partial charge on any atom is 0.247 e. The summed E-state index contributed by atoms with van der Waals surface area (Å²) in [4.78, 5) is 14.2. The lowest BCUT2D eigenvalue weighted by Crippen LogP contribution is -2.43. The Labute approximate surface area is 106 Å². The molecule has 2 unspecified atom stereocenters. The lowest BCUT2D eigenvalue weighted by atomic mass is 10.1. The largest absolute Gasteiger partial charge is 0.497 e. The van der Waals surface area contributed by atoms with Crippen molar-refractivity contribution in [3.8, 4) is 5.75 Å². The Morgan fingerprint density at radius 2 is 2.22 bits per heavy atom. The molecule has 18 heavy (non-hydrogen) atoms. The van der Waals surface area contributed by atoms with Crippen LogP contribution in [0.3, 0.4) is 0 Å². The number of nitrogens with one attached hydrogen (secondary N) is 1. The third kappa shape index (κ3) is 1.62. The highest BCUT2D eigenvalue weighted by atomic mass is 16.5. The molecule has 0 radical (unpaired) electrons. The summed E-state index contributed by atoms with van der Waals surface area (Å²) in [6.45, 7) is 0.758. The van der Waals surface area contributed by atoms with E-state index >= 15 is 0 Å². The fraction of sp³-hybridized carbons (Fsp3) is 0.462. The molecule has 5 heteroatoms. The standard InChI is InChI=1S/C13H16N2O3/c1-17-8-3-4-11-10(5-8)14-13(16)12-6-9(18-2)7-15(11)12/h3-5,9,12H,6-7H2,1-2H3,(H,14,16). The number of carbonyl (C=O) groups is 1. The van der Waals surface area contributed by atoms with E-state index in [-0.39, 0.29) is 18.1 Å². The van der Waals surface area contributed by atoms with Gasteiger partial charge in [-0.2, -0.15) is 0 Å². The predicted molar refractivity (Wildman–Crippen MR) is 68.2 cm³/mol. The number of rotatable bonds is 2. The number of ether oxygens (including phenoxy) is 2. The van der Waals surface area contributed by atoms with E-state index in [1.54, 1.807) is 14.2 Å². The molecule has 0 aliphatic carbocycles. The minimum atomic E-state index is -0.115. The normalized spacial score (nSPS) is 25.4. The van der Waals surface area contributed by atoms with E-state index < -0.39 is 0 Å². The van der Waals surface area contributed by atoms with Gasteiger partial charge in [0.15, 0.2) is 0 Å². The number of fused-ring (bicyclic) bond motifs is 3. The second-order valence-corrected chi connectivity index (χ2v) is 4.63. The number of hydrogen-bond donors (Lipinski definition) is 1. The molecule has 96 valence electrons. The van der Waals surface area contributed by atoms with Crippen LogP contribution < -0.4 is 15.0 Å². The first-order valence-electron chi connectivity index (χ1n) is 6.01. The zero-order valence-corrected chi connectivity index (χ0v) is 10.5. The smallest absolute Gasteiger partial charge is 0.247 e. The van der Waals surface area contributed by atoms with Crippen LogP contribution in [0.2, 0.25) is 0 Å². The van der Waals surface area contributed by atoms with Crippen LogP contribution in [0.4, 0.5) is 11.4 Å². The molecular weight excluding hydrogens is 232 g/mol. The van der Waals surface area contributed by atoms with Crippen molar-refractivity contribution in [1.82, 2.24) is 0 Å². The molecule has 1 saturated heterocycles.